The van der Waals surface area contributed by atoms with Gasteiger partial charge in [0, 0.05) is 7.05 Å². The normalized spacial score (nSPS) is 10.5. The molecule has 1 rings (SSSR count). The lowest BCUT2D eigenvalue weighted by molar-refractivity contribution is 0.0483. The summed E-state index contributed by atoms with van der Waals surface area (Å²) < 4.78 is 6.56. The highest BCUT2D eigenvalue weighted by Gasteiger charge is 2.11. The Morgan fingerprint density at radius 2 is 2.00 bits per heavy atom. The molecule has 0 spiro atoms. The van der Waals surface area contributed by atoms with Crippen LogP contribution in [0.25, 0.3) is 0 Å². The van der Waals surface area contributed by atoms with Crippen molar-refractivity contribution in [3.63, 3.8) is 0 Å². The first kappa shape index (κ1) is 13.7. The Hall–Kier alpha value is -1.39. The molecule has 0 aromatic carbocycles. The largest absolute Gasteiger partial charge is 0.460 e. The van der Waals surface area contributed by atoms with E-state index in [1.165, 1.54) is 36.7 Å². The van der Waals surface area contributed by atoms with Crippen LogP contribution in [0.3, 0.4) is 0 Å². The van der Waals surface area contributed by atoms with Crippen LogP contribution in [0, 0.1) is 0 Å². The van der Waals surface area contributed by atoms with Gasteiger partial charge in [-0.05, 0) is 6.42 Å². The van der Waals surface area contributed by atoms with E-state index >= 15 is 0 Å². The molecule has 1 heterocycles. The fourth-order valence-corrected chi connectivity index (χ4v) is 1.54. The molecule has 96 valence electrons. The lowest BCUT2D eigenvalue weighted by Crippen LogP contribution is -2.09. The van der Waals surface area contributed by atoms with Gasteiger partial charge in [0.15, 0.2) is 0 Å². The molecule has 5 nitrogen and oxygen atoms in total. The highest BCUT2D eigenvalue weighted by Crippen LogP contribution is 2.05. The Labute approximate surface area is 102 Å². The molecular weight excluding hydrogens is 218 g/mol. The topological polar surface area (TPSA) is 57.0 Å². The van der Waals surface area contributed by atoms with Gasteiger partial charge in [-0.25, -0.2) is 9.78 Å². The van der Waals surface area contributed by atoms with Gasteiger partial charge in [-0.1, -0.05) is 39.0 Å². The maximum Gasteiger partial charge on any atom is 0.378 e. The van der Waals surface area contributed by atoms with Crippen molar-refractivity contribution < 1.29 is 9.53 Å². The Kier molecular flexibility index (Phi) is 6.29. The first-order valence-corrected chi connectivity index (χ1v) is 6.26. The van der Waals surface area contributed by atoms with E-state index in [1.54, 1.807) is 7.05 Å². The number of hydrogen-bond acceptors (Lipinski definition) is 4. The van der Waals surface area contributed by atoms with Crippen molar-refractivity contribution in [1.29, 1.82) is 0 Å². The summed E-state index contributed by atoms with van der Waals surface area (Å²) in [6.45, 7) is 2.66. The number of hydrogen-bond donors (Lipinski definition) is 0. The third-order valence-corrected chi connectivity index (χ3v) is 2.51. The molecule has 0 atom stereocenters. The Bertz CT molecular complexity index is 336. The second-order valence-electron chi connectivity index (χ2n) is 4.15. The molecule has 1 aromatic heterocycles. The van der Waals surface area contributed by atoms with E-state index in [0.717, 1.165) is 12.8 Å². The van der Waals surface area contributed by atoms with Gasteiger partial charge in [-0.3, -0.25) is 4.68 Å². The molecule has 17 heavy (non-hydrogen) atoms. The van der Waals surface area contributed by atoms with Gasteiger partial charge in [0.05, 0.1) is 6.61 Å². The SMILES string of the molecule is CCCCCCCCOC(=O)c1ncn(C)n1. The second-order valence-corrected chi connectivity index (χ2v) is 4.15. The van der Waals surface area contributed by atoms with Crippen LogP contribution in [0.2, 0.25) is 0 Å². The molecule has 0 unspecified atom stereocenters. The van der Waals surface area contributed by atoms with Crippen LogP contribution in [0.1, 0.15) is 56.1 Å². The monoisotopic (exact) mass is 239 g/mol. The average molecular weight is 239 g/mol. The second kappa shape index (κ2) is 7.81. The first-order valence-electron chi connectivity index (χ1n) is 6.26. The standard InChI is InChI=1S/C12H21N3O2/c1-3-4-5-6-7-8-9-17-12(16)11-13-10-15(2)14-11/h10H,3-9H2,1-2H3. The fraction of sp³-hybridized carbons (Fsp3) is 0.750. The van der Waals surface area contributed by atoms with E-state index in [2.05, 4.69) is 17.0 Å². The zero-order chi connectivity index (χ0) is 12.5. The van der Waals surface area contributed by atoms with Crippen molar-refractivity contribution in [2.75, 3.05) is 6.61 Å². The Morgan fingerprint density at radius 3 is 2.65 bits per heavy atom. The molecule has 0 aliphatic rings. The van der Waals surface area contributed by atoms with E-state index in [1.807, 2.05) is 0 Å². The number of carbonyl (C=O) groups is 1. The van der Waals surface area contributed by atoms with Crippen molar-refractivity contribution in [1.82, 2.24) is 14.8 Å². The zero-order valence-corrected chi connectivity index (χ0v) is 10.7. The molecule has 0 fully saturated rings. The van der Waals surface area contributed by atoms with Gasteiger partial charge in [0.25, 0.3) is 5.82 Å². The summed E-state index contributed by atoms with van der Waals surface area (Å²) in [7, 11) is 1.72. The van der Waals surface area contributed by atoms with E-state index in [0.29, 0.717) is 6.61 Å². The predicted molar refractivity (Wildman–Crippen MR) is 64.7 cm³/mol. The number of rotatable bonds is 8. The molecule has 0 aliphatic carbocycles. The van der Waals surface area contributed by atoms with Crippen LogP contribution in [0.4, 0.5) is 0 Å². The first-order chi connectivity index (χ1) is 8.24. The van der Waals surface area contributed by atoms with Gasteiger partial charge in [-0.2, -0.15) is 0 Å². The number of aromatic nitrogens is 3. The van der Waals surface area contributed by atoms with Crippen molar-refractivity contribution in [2.24, 2.45) is 7.05 Å². The quantitative estimate of drug-likeness (QED) is 0.516. The summed E-state index contributed by atoms with van der Waals surface area (Å²) in [6, 6.07) is 0. The molecule has 1 aromatic rings. The number of unbranched alkanes of at least 4 members (excludes halogenated alkanes) is 5. The molecule has 0 saturated heterocycles. The molecule has 0 radical (unpaired) electrons. The number of nitrogens with zero attached hydrogens (tertiary/aromatic N) is 3. The Balaban J connectivity index is 2.05. The predicted octanol–water partition coefficient (Wildman–Crippen LogP) is 2.33. The van der Waals surface area contributed by atoms with Crippen molar-refractivity contribution in [3.8, 4) is 0 Å². The number of esters is 1. The van der Waals surface area contributed by atoms with Gasteiger partial charge in [0.2, 0.25) is 0 Å². The summed E-state index contributed by atoms with van der Waals surface area (Å²) >= 11 is 0. The van der Waals surface area contributed by atoms with E-state index in [-0.39, 0.29) is 5.82 Å². The maximum atomic E-state index is 11.4. The van der Waals surface area contributed by atoms with Gasteiger partial charge in [-0.15, -0.1) is 5.10 Å². The van der Waals surface area contributed by atoms with Gasteiger partial charge < -0.3 is 4.74 Å². The lowest BCUT2D eigenvalue weighted by atomic mass is 10.1. The van der Waals surface area contributed by atoms with Gasteiger partial charge >= 0.3 is 5.97 Å². The molecule has 0 amide bonds. The fourth-order valence-electron chi connectivity index (χ4n) is 1.54. The molecule has 0 saturated carbocycles. The Morgan fingerprint density at radius 1 is 1.29 bits per heavy atom. The number of ether oxygens (including phenoxy) is 1. The number of carbonyl (C=O) groups excluding carboxylic acids is 1. The van der Waals surface area contributed by atoms with Crippen LogP contribution >= 0.6 is 0 Å². The molecule has 5 heteroatoms. The van der Waals surface area contributed by atoms with Crippen LogP contribution in [-0.4, -0.2) is 27.3 Å². The van der Waals surface area contributed by atoms with E-state index in [4.69, 9.17) is 4.74 Å². The molecule has 0 aliphatic heterocycles. The minimum absolute atomic E-state index is 0.137. The third-order valence-electron chi connectivity index (χ3n) is 2.51. The van der Waals surface area contributed by atoms with E-state index in [9.17, 15) is 4.79 Å². The maximum absolute atomic E-state index is 11.4. The summed E-state index contributed by atoms with van der Waals surface area (Å²) in [5, 5.41) is 3.88. The molecule has 0 bridgehead atoms. The summed E-state index contributed by atoms with van der Waals surface area (Å²) in [4.78, 5) is 15.3. The summed E-state index contributed by atoms with van der Waals surface area (Å²) in [6.07, 6.45) is 8.55. The van der Waals surface area contributed by atoms with E-state index < -0.39 is 5.97 Å². The van der Waals surface area contributed by atoms with Crippen LogP contribution in [0.15, 0.2) is 6.33 Å². The van der Waals surface area contributed by atoms with Crippen LogP contribution in [-0.2, 0) is 11.8 Å². The van der Waals surface area contributed by atoms with Crippen LogP contribution < -0.4 is 0 Å². The highest BCUT2D eigenvalue weighted by atomic mass is 16.5. The minimum Gasteiger partial charge on any atom is -0.460 e. The molecular formula is C12H21N3O2. The average Bonchev–Trinajstić information content (AvgIpc) is 2.74. The lowest BCUT2D eigenvalue weighted by Gasteiger charge is -2.02. The van der Waals surface area contributed by atoms with Crippen molar-refractivity contribution in [2.45, 2.75) is 45.4 Å². The van der Waals surface area contributed by atoms with Gasteiger partial charge in [0.1, 0.15) is 6.33 Å². The molecule has 0 N–H and O–H groups in total. The van der Waals surface area contributed by atoms with Crippen molar-refractivity contribution >= 4 is 5.97 Å². The highest BCUT2D eigenvalue weighted by molar-refractivity contribution is 5.84. The smallest absolute Gasteiger partial charge is 0.378 e. The minimum atomic E-state index is -0.431. The van der Waals surface area contributed by atoms with Crippen molar-refractivity contribution in [3.05, 3.63) is 12.2 Å². The zero-order valence-electron chi connectivity index (χ0n) is 10.7. The summed E-state index contributed by atoms with van der Waals surface area (Å²) in [5.74, 6) is -0.294. The van der Waals surface area contributed by atoms with Crippen LogP contribution in [0.5, 0.6) is 0 Å². The summed E-state index contributed by atoms with van der Waals surface area (Å²) in [5.41, 5.74) is 0. The number of aryl methyl sites for hydroxylation is 1. The third kappa shape index (κ3) is 5.47.